The van der Waals surface area contributed by atoms with Gasteiger partial charge < -0.3 is 0 Å². The molecule has 6 nitrogen and oxygen atoms in total. The molecular formula is C4H10O6S2. The van der Waals surface area contributed by atoms with Gasteiger partial charge in [0, 0.05) is 0 Å². The number of hydrogen-bond acceptors (Lipinski definition) is 5. The van der Waals surface area contributed by atoms with E-state index < -0.39 is 26.3 Å². The summed E-state index contributed by atoms with van der Waals surface area (Å²) < 4.78 is 52.7. The first-order valence-electron chi connectivity index (χ1n) is 3.18. The standard InChI is InChI=1S/C4H10O6S2/c1-2-3-4-11(5,6)10-12(7,8)9/h2-4H2,1H3,(H,7,8,9). The molecule has 0 radical (unpaired) electrons. The molecule has 0 aromatic heterocycles. The Balaban J connectivity index is 4.26. The number of unbranched alkanes of at least 4 members (excludes halogenated alkanes) is 1. The van der Waals surface area contributed by atoms with Gasteiger partial charge in [0.05, 0.1) is 5.75 Å². The van der Waals surface area contributed by atoms with Gasteiger partial charge in [-0.05, 0) is 6.42 Å². The fourth-order valence-electron chi connectivity index (χ4n) is 0.486. The van der Waals surface area contributed by atoms with Crippen LogP contribution in [0.25, 0.3) is 0 Å². The second-order valence-corrected chi connectivity index (χ2v) is 5.03. The van der Waals surface area contributed by atoms with Crippen molar-refractivity contribution in [3.63, 3.8) is 0 Å². The summed E-state index contributed by atoms with van der Waals surface area (Å²) in [7, 11) is -9.04. The summed E-state index contributed by atoms with van der Waals surface area (Å²) in [6, 6.07) is 0. The van der Waals surface area contributed by atoms with Crippen molar-refractivity contribution in [1.82, 2.24) is 0 Å². The van der Waals surface area contributed by atoms with Gasteiger partial charge in [-0.2, -0.15) is 16.8 Å². The average molecular weight is 218 g/mol. The van der Waals surface area contributed by atoms with Gasteiger partial charge in [-0.3, -0.25) is 4.55 Å². The van der Waals surface area contributed by atoms with Crippen LogP contribution < -0.4 is 0 Å². The van der Waals surface area contributed by atoms with Gasteiger partial charge in [0.2, 0.25) is 0 Å². The maximum Gasteiger partial charge on any atom is 0.412 e. The van der Waals surface area contributed by atoms with E-state index >= 15 is 0 Å². The lowest BCUT2D eigenvalue weighted by atomic mass is 10.4. The van der Waals surface area contributed by atoms with Crippen LogP contribution in [0.15, 0.2) is 0 Å². The molecule has 0 rings (SSSR count). The van der Waals surface area contributed by atoms with Crippen molar-refractivity contribution in [2.24, 2.45) is 0 Å². The maximum absolute atomic E-state index is 10.6. The van der Waals surface area contributed by atoms with E-state index in [-0.39, 0.29) is 6.42 Å². The molecule has 0 bridgehead atoms. The van der Waals surface area contributed by atoms with E-state index in [1.54, 1.807) is 6.92 Å². The summed E-state index contributed by atoms with van der Waals surface area (Å²) in [5.41, 5.74) is 0. The molecule has 0 aliphatic heterocycles. The molecule has 0 heterocycles. The van der Waals surface area contributed by atoms with E-state index in [4.69, 9.17) is 4.55 Å². The Kier molecular flexibility index (Phi) is 4.11. The summed E-state index contributed by atoms with van der Waals surface area (Å²) in [5.74, 6) is -0.413. The van der Waals surface area contributed by atoms with Crippen LogP contribution in [0.3, 0.4) is 0 Å². The largest absolute Gasteiger partial charge is 0.412 e. The van der Waals surface area contributed by atoms with Crippen LogP contribution in [-0.2, 0) is 24.1 Å². The second-order valence-electron chi connectivity index (χ2n) is 2.11. The summed E-state index contributed by atoms with van der Waals surface area (Å²) >= 11 is 0. The fraction of sp³-hybridized carbons (Fsp3) is 1.00. The first-order chi connectivity index (χ1) is 5.27. The molecule has 0 aliphatic rings. The molecule has 0 aliphatic carbocycles. The third kappa shape index (κ3) is 6.53. The molecule has 0 amide bonds. The number of hydrogen-bond donors (Lipinski definition) is 1. The highest BCUT2D eigenvalue weighted by atomic mass is 32.3. The van der Waals surface area contributed by atoms with Crippen molar-refractivity contribution < 1.29 is 25.0 Å². The van der Waals surface area contributed by atoms with Crippen LogP contribution in [0.2, 0.25) is 0 Å². The van der Waals surface area contributed by atoms with Gasteiger partial charge in [0.1, 0.15) is 0 Å². The van der Waals surface area contributed by atoms with Crippen LogP contribution in [0.1, 0.15) is 19.8 Å². The van der Waals surface area contributed by atoms with E-state index in [1.807, 2.05) is 0 Å². The topological polar surface area (TPSA) is 97.7 Å². The Morgan fingerprint density at radius 2 is 1.75 bits per heavy atom. The van der Waals surface area contributed by atoms with Gasteiger partial charge in [-0.1, -0.05) is 13.3 Å². The zero-order valence-corrected chi connectivity index (χ0v) is 8.06. The maximum atomic E-state index is 10.6. The van der Waals surface area contributed by atoms with Gasteiger partial charge >= 0.3 is 10.4 Å². The molecule has 0 unspecified atom stereocenters. The van der Waals surface area contributed by atoms with E-state index in [9.17, 15) is 16.8 Å². The van der Waals surface area contributed by atoms with Crippen molar-refractivity contribution in [2.75, 3.05) is 5.75 Å². The third-order valence-corrected chi connectivity index (χ3v) is 3.24. The SMILES string of the molecule is CCCCS(=O)(=O)OS(=O)(=O)O. The van der Waals surface area contributed by atoms with Gasteiger partial charge in [0.15, 0.2) is 0 Å². The third-order valence-electron chi connectivity index (χ3n) is 0.938. The molecule has 0 aromatic carbocycles. The molecule has 12 heavy (non-hydrogen) atoms. The molecule has 0 fully saturated rings. The van der Waals surface area contributed by atoms with E-state index in [0.717, 1.165) is 0 Å². The van der Waals surface area contributed by atoms with Crippen molar-refractivity contribution in [3.05, 3.63) is 0 Å². The molecule has 0 aromatic rings. The Bertz CT molecular complexity index is 311. The van der Waals surface area contributed by atoms with Crippen LogP contribution in [-0.4, -0.2) is 27.1 Å². The highest BCUT2D eigenvalue weighted by molar-refractivity contribution is 7.97. The van der Waals surface area contributed by atoms with Crippen molar-refractivity contribution >= 4 is 20.5 Å². The summed E-state index contributed by atoms with van der Waals surface area (Å²) in [5, 5.41) is 0. The first kappa shape index (κ1) is 11.8. The Hall–Kier alpha value is -0.180. The predicted molar refractivity (Wildman–Crippen MR) is 41.3 cm³/mol. The van der Waals surface area contributed by atoms with E-state index in [1.165, 1.54) is 0 Å². The van der Waals surface area contributed by atoms with E-state index in [0.29, 0.717) is 6.42 Å². The minimum absolute atomic E-state index is 0.290. The van der Waals surface area contributed by atoms with Crippen molar-refractivity contribution in [3.8, 4) is 0 Å². The van der Waals surface area contributed by atoms with Gasteiger partial charge in [0.25, 0.3) is 10.1 Å². The highest BCUT2D eigenvalue weighted by Gasteiger charge is 2.19. The number of rotatable bonds is 5. The first-order valence-corrected chi connectivity index (χ1v) is 6.12. The van der Waals surface area contributed by atoms with E-state index in [2.05, 4.69) is 3.63 Å². The molecule has 0 saturated heterocycles. The molecule has 1 N–H and O–H groups in total. The smallest absolute Gasteiger partial charge is 0.263 e. The Labute approximate surface area is 71.6 Å². The van der Waals surface area contributed by atoms with Crippen LogP contribution in [0.5, 0.6) is 0 Å². The zero-order chi connectivity index (χ0) is 9.83. The normalized spacial score (nSPS) is 13.2. The molecule has 74 valence electrons. The molecule has 0 saturated carbocycles. The lowest BCUT2D eigenvalue weighted by Gasteiger charge is -1.99. The van der Waals surface area contributed by atoms with Crippen molar-refractivity contribution in [2.45, 2.75) is 19.8 Å². The van der Waals surface area contributed by atoms with Gasteiger partial charge in [-0.25, -0.2) is 0 Å². The van der Waals surface area contributed by atoms with Crippen LogP contribution >= 0.6 is 0 Å². The van der Waals surface area contributed by atoms with Crippen LogP contribution in [0, 0.1) is 0 Å². The summed E-state index contributed by atoms with van der Waals surface area (Å²) in [4.78, 5) is 0. The quantitative estimate of drug-likeness (QED) is 0.649. The predicted octanol–water partition coefficient (Wildman–Crippen LogP) is -0.0643. The summed E-state index contributed by atoms with van der Waals surface area (Å²) in [6.45, 7) is 1.74. The van der Waals surface area contributed by atoms with Gasteiger partial charge in [-0.15, -0.1) is 3.63 Å². The minimum atomic E-state index is -4.90. The molecule has 0 spiro atoms. The Morgan fingerprint density at radius 3 is 2.08 bits per heavy atom. The zero-order valence-electron chi connectivity index (χ0n) is 6.43. The molecular weight excluding hydrogens is 208 g/mol. The minimum Gasteiger partial charge on any atom is -0.263 e. The lowest BCUT2D eigenvalue weighted by Crippen LogP contribution is -2.15. The fourth-order valence-corrected chi connectivity index (χ4v) is 2.45. The van der Waals surface area contributed by atoms with Crippen molar-refractivity contribution in [1.29, 1.82) is 0 Å². The second kappa shape index (κ2) is 4.17. The van der Waals surface area contributed by atoms with Crippen LogP contribution in [0.4, 0.5) is 0 Å². The average Bonchev–Trinajstić information content (AvgIpc) is 1.78. The highest BCUT2D eigenvalue weighted by Crippen LogP contribution is 2.02. The summed E-state index contributed by atoms with van der Waals surface area (Å²) in [6.07, 6.45) is 0.881. The monoisotopic (exact) mass is 218 g/mol. The lowest BCUT2D eigenvalue weighted by molar-refractivity contribution is 0.383. The Morgan fingerprint density at radius 1 is 1.25 bits per heavy atom. The molecule has 8 heteroatoms. The molecule has 0 atom stereocenters.